The van der Waals surface area contributed by atoms with Crippen LogP contribution in [0.3, 0.4) is 0 Å². The fourth-order valence-electron chi connectivity index (χ4n) is 2.33. The minimum Gasteiger partial charge on any atom is -0.336 e. The van der Waals surface area contributed by atoms with Crippen LogP contribution in [0.5, 0.6) is 0 Å². The van der Waals surface area contributed by atoms with Crippen molar-refractivity contribution in [2.45, 2.75) is 12.5 Å². The molecular weight excluding hydrogens is 264 g/mol. The Morgan fingerprint density at radius 3 is 2.84 bits per heavy atom. The number of aromatic nitrogens is 3. The molecule has 1 aromatic heterocycles. The van der Waals surface area contributed by atoms with Gasteiger partial charge in [0.15, 0.2) is 0 Å². The SMILES string of the molecule is O=C(c1cccc(Cl)c1)N1CCC(n2nccn2)C1. The third kappa shape index (κ3) is 2.46. The van der Waals surface area contributed by atoms with Crippen molar-refractivity contribution in [3.63, 3.8) is 0 Å². The van der Waals surface area contributed by atoms with Crippen LogP contribution in [0.4, 0.5) is 0 Å². The van der Waals surface area contributed by atoms with Crippen LogP contribution >= 0.6 is 11.6 Å². The maximum atomic E-state index is 12.3. The van der Waals surface area contributed by atoms with Crippen LogP contribution in [0.15, 0.2) is 36.7 Å². The standard InChI is InChI=1S/C13H13ClN4O/c14-11-3-1-2-10(8-11)13(19)17-7-4-12(9-17)18-15-5-6-16-18/h1-3,5-6,8,12H,4,7,9H2. The Hall–Kier alpha value is -1.88. The first kappa shape index (κ1) is 12.2. The van der Waals surface area contributed by atoms with Crippen LogP contribution in [0.25, 0.3) is 0 Å². The second kappa shape index (κ2) is 5.01. The fourth-order valence-corrected chi connectivity index (χ4v) is 2.52. The Kier molecular flexibility index (Phi) is 3.21. The lowest BCUT2D eigenvalue weighted by molar-refractivity contribution is 0.0786. The predicted molar refractivity (Wildman–Crippen MR) is 71.0 cm³/mol. The van der Waals surface area contributed by atoms with Gasteiger partial charge in [-0.1, -0.05) is 17.7 Å². The van der Waals surface area contributed by atoms with Crippen LogP contribution in [0.2, 0.25) is 5.02 Å². The first-order valence-electron chi connectivity index (χ1n) is 6.14. The summed E-state index contributed by atoms with van der Waals surface area (Å²) in [5, 5.41) is 8.83. The lowest BCUT2D eigenvalue weighted by Gasteiger charge is -2.16. The van der Waals surface area contributed by atoms with Crippen LogP contribution in [-0.4, -0.2) is 38.9 Å². The largest absolute Gasteiger partial charge is 0.336 e. The van der Waals surface area contributed by atoms with Crippen molar-refractivity contribution >= 4 is 17.5 Å². The number of benzene rings is 1. The first-order valence-corrected chi connectivity index (χ1v) is 6.52. The van der Waals surface area contributed by atoms with E-state index in [1.807, 2.05) is 4.90 Å². The first-order chi connectivity index (χ1) is 9.24. The van der Waals surface area contributed by atoms with E-state index in [0.29, 0.717) is 17.1 Å². The third-order valence-corrected chi connectivity index (χ3v) is 3.52. The molecule has 0 saturated carbocycles. The second-order valence-corrected chi connectivity index (χ2v) is 4.99. The molecule has 19 heavy (non-hydrogen) atoms. The molecule has 5 nitrogen and oxygen atoms in total. The Bertz CT molecular complexity index is 584. The number of hydrogen-bond donors (Lipinski definition) is 0. The summed E-state index contributed by atoms with van der Waals surface area (Å²) in [4.78, 5) is 15.8. The molecule has 0 bridgehead atoms. The van der Waals surface area contributed by atoms with Gasteiger partial charge in [0.2, 0.25) is 0 Å². The smallest absolute Gasteiger partial charge is 0.253 e. The van der Waals surface area contributed by atoms with Crippen molar-refractivity contribution in [2.75, 3.05) is 13.1 Å². The molecule has 0 aliphatic carbocycles. The molecule has 1 amide bonds. The minimum absolute atomic E-state index is 0.0113. The van der Waals surface area contributed by atoms with Crippen molar-refractivity contribution in [1.82, 2.24) is 19.9 Å². The quantitative estimate of drug-likeness (QED) is 0.843. The summed E-state index contributed by atoms with van der Waals surface area (Å²) in [6.07, 6.45) is 4.18. The number of nitrogens with zero attached hydrogens (tertiary/aromatic N) is 4. The molecule has 0 spiro atoms. The summed E-state index contributed by atoms with van der Waals surface area (Å²) in [6.45, 7) is 1.36. The van der Waals surface area contributed by atoms with E-state index in [2.05, 4.69) is 10.2 Å². The number of hydrogen-bond acceptors (Lipinski definition) is 3. The summed E-state index contributed by atoms with van der Waals surface area (Å²) in [5.41, 5.74) is 0.626. The number of likely N-dealkylation sites (tertiary alicyclic amines) is 1. The predicted octanol–water partition coefficient (Wildman–Crippen LogP) is 2.02. The highest BCUT2D eigenvalue weighted by molar-refractivity contribution is 6.30. The molecular formula is C13H13ClN4O. The molecule has 1 aromatic carbocycles. The van der Waals surface area contributed by atoms with Gasteiger partial charge in [-0.2, -0.15) is 15.0 Å². The summed E-state index contributed by atoms with van der Waals surface area (Å²) >= 11 is 5.91. The molecule has 98 valence electrons. The molecule has 6 heteroatoms. The highest BCUT2D eigenvalue weighted by Crippen LogP contribution is 2.22. The highest BCUT2D eigenvalue weighted by atomic mass is 35.5. The number of amides is 1. The molecule has 0 N–H and O–H groups in total. The van der Waals surface area contributed by atoms with E-state index in [1.165, 1.54) is 0 Å². The van der Waals surface area contributed by atoms with E-state index in [1.54, 1.807) is 41.5 Å². The molecule has 2 aromatic rings. The Labute approximate surface area is 115 Å². The fraction of sp³-hybridized carbons (Fsp3) is 0.308. The summed E-state index contributed by atoms with van der Waals surface area (Å²) in [7, 11) is 0. The Balaban J connectivity index is 1.73. The van der Waals surface area contributed by atoms with Gasteiger partial charge in [-0.3, -0.25) is 4.79 Å². The molecule has 2 heterocycles. The molecule has 3 rings (SSSR count). The van der Waals surface area contributed by atoms with E-state index in [9.17, 15) is 4.79 Å². The topological polar surface area (TPSA) is 51.0 Å². The van der Waals surface area contributed by atoms with Gasteiger partial charge >= 0.3 is 0 Å². The van der Waals surface area contributed by atoms with Gasteiger partial charge in [0.1, 0.15) is 0 Å². The van der Waals surface area contributed by atoms with Gasteiger partial charge in [-0.05, 0) is 24.6 Å². The van der Waals surface area contributed by atoms with Gasteiger partial charge < -0.3 is 4.90 Å². The van der Waals surface area contributed by atoms with Crippen LogP contribution in [-0.2, 0) is 0 Å². The van der Waals surface area contributed by atoms with Crippen molar-refractivity contribution < 1.29 is 4.79 Å². The van der Waals surface area contributed by atoms with Crippen molar-refractivity contribution in [1.29, 1.82) is 0 Å². The summed E-state index contributed by atoms with van der Waals surface area (Å²) in [5.74, 6) is 0.0113. The van der Waals surface area contributed by atoms with E-state index in [4.69, 9.17) is 11.6 Å². The van der Waals surface area contributed by atoms with Crippen LogP contribution in [0.1, 0.15) is 22.8 Å². The zero-order valence-electron chi connectivity index (χ0n) is 10.2. The molecule has 1 unspecified atom stereocenters. The maximum Gasteiger partial charge on any atom is 0.253 e. The zero-order valence-corrected chi connectivity index (χ0v) is 11.0. The average Bonchev–Trinajstić information content (AvgIpc) is 3.08. The summed E-state index contributed by atoms with van der Waals surface area (Å²) < 4.78 is 0. The van der Waals surface area contributed by atoms with E-state index in [-0.39, 0.29) is 11.9 Å². The van der Waals surface area contributed by atoms with E-state index in [0.717, 1.165) is 13.0 Å². The molecule has 1 fully saturated rings. The summed E-state index contributed by atoms with van der Waals surface area (Å²) in [6, 6.07) is 7.20. The van der Waals surface area contributed by atoms with E-state index < -0.39 is 0 Å². The minimum atomic E-state index is 0.0113. The van der Waals surface area contributed by atoms with Crippen molar-refractivity contribution in [3.05, 3.63) is 47.2 Å². The van der Waals surface area contributed by atoms with Gasteiger partial charge in [0, 0.05) is 23.7 Å². The third-order valence-electron chi connectivity index (χ3n) is 3.29. The number of carbonyl (C=O) groups is 1. The number of halogens is 1. The van der Waals surface area contributed by atoms with Crippen LogP contribution < -0.4 is 0 Å². The molecule has 1 atom stereocenters. The normalized spacial score (nSPS) is 18.8. The molecule has 0 radical (unpaired) electrons. The second-order valence-electron chi connectivity index (χ2n) is 4.55. The number of rotatable bonds is 2. The molecule has 1 aliphatic heterocycles. The Morgan fingerprint density at radius 2 is 2.11 bits per heavy atom. The van der Waals surface area contributed by atoms with E-state index >= 15 is 0 Å². The maximum absolute atomic E-state index is 12.3. The monoisotopic (exact) mass is 276 g/mol. The molecule has 1 aliphatic rings. The molecule has 1 saturated heterocycles. The lowest BCUT2D eigenvalue weighted by Crippen LogP contribution is -2.29. The van der Waals surface area contributed by atoms with Gasteiger partial charge in [0.05, 0.1) is 18.4 Å². The van der Waals surface area contributed by atoms with Gasteiger partial charge in [-0.15, -0.1) is 0 Å². The zero-order chi connectivity index (χ0) is 13.2. The van der Waals surface area contributed by atoms with Crippen molar-refractivity contribution in [2.24, 2.45) is 0 Å². The van der Waals surface area contributed by atoms with Gasteiger partial charge in [-0.25, -0.2) is 0 Å². The average molecular weight is 277 g/mol. The lowest BCUT2D eigenvalue weighted by atomic mass is 10.2. The van der Waals surface area contributed by atoms with Gasteiger partial charge in [0.25, 0.3) is 5.91 Å². The van der Waals surface area contributed by atoms with Crippen LogP contribution in [0, 0.1) is 0 Å². The highest BCUT2D eigenvalue weighted by Gasteiger charge is 2.28. The Morgan fingerprint density at radius 1 is 1.32 bits per heavy atom. The number of carbonyl (C=O) groups excluding carboxylic acids is 1. The van der Waals surface area contributed by atoms with Crippen molar-refractivity contribution in [3.8, 4) is 0 Å².